The Bertz CT molecular complexity index is 479. The highest BCUT2D eigenvalue weighted by Gasteiger charge is 2.06. The molecular formula is C11H11FN2O. The van der Waals surface area contributed by atoms with Crippen molar-refractivity contribution in [2.75, 3.05) is 0 Å². The molecule has 0 aliphatic heterocycles. The molecule has 0 aliphatic rings. The zero-order valence-corrected chi connectivity index (χ0v) is 8.31. The molecule has 2 aromatic rings. The van der Waals surface area contributed by atoms with Crippen molar-refractivity contribution in [1.29, 1.82) is 0 Å². The van der Waals surface area contributed by atoms with Gasteiger partial charge in [0, 0.05) is 6.20 Å². The van der Waals surface area contributed by atoms with Crippen molar-refractivity contribution in [3.63, 3.8) is 0 Å². The van der Waals surface area contributed by atoms with E-state index in [4.69, 9.17) is 5.11 Å². The largest absolute Gasteiger partial charge is 0.390 e. The van der Waals surface area contributed by atoms with Gasteiger partial charge in [0.05, 0.1) is 12.3 Å². The maximum atomic E-state index is 13.4. The summed E-state index contributed by atoms with van der Waals surface area (Å²) in [5.41, 5.74) is 1.89. The van der Waals surface area contributed by atoms with Gasteiger partial charge in [0.25, 0.3) is 0 Å². The standard InChI is InChI=1S/C11H11FN2O/c1-8-2-3-10(12)11(6-8)14-5-4-9(7-15)13-14/h2-6,15H,7H2,1H3. The smallest absolute Gasteiger partial charge is 0.148 e. The minimum absolute atomic E-state index is 0.138. The van der Waals surface area contributed by atoms with Gasteiger partial charge in [-0.05, 0) is 30.7 Å². The van der Waals surface area contributed by atoms with E-state index >= 15 is 0 Å². The molecule has 78 valence electrons. The summed E-state index contributed by atoms with van der Waals surface area (Å²) in [6, 6.07) is 6.48. The Morgan fingerprint density at radius 3 is 2.87 bits per heavy atom. The first kappa shape index (κ1) is 9.86. The topological polar surface area (TPSA) is 38.0 Å². The lowest BCUT2D eigenvalue weighted by molar-refractivity contribution is 0.276. The molecule has 1 heterocycles. The van der Waals surface area contributed by atoms with Gasteiger partial charge in [0.2, 0.25) is 0 Å². The summed E-state index contributed by atoms with van der Waals surface area (Å²) >= 11 is 0. The van der Waals surface area contributed by atoms with Crippen molar-refractivity contribution in [2.45, 2.75) is 13.5 Å². The zero-order chi connectivity index (χ0) is 10.8. The number of aromatic nitrogens is 2. The van der Waals surface area contributed by atoms with E-state index in [1.807, 2.05) is 6.92 Å². The van der Waals surface area contributed by atoms with Crippen molar-refractivity contribution >= 4 is 0 Å². The Kier molecular flexibility index (Phi) is 2.51. The van der Waals surface area contributed by atoms with Crippen LogP contribution in [0.1, 0.15) is 11.3 Å². The minimum Gasteiger partial charge on any atom is -0.390 e. The Morgan fingerprint density at radius 1 is 1.40 bits per heavy atom. The van der Waals surface area contributed by atoms with Gasteiger partial charge in [-0.2, -0.15) is 5.10 Å². The van der Waals surface area contributed by atoms with E-state index in [1.165, 1.54) is 10.7 Å². The van der Waals surface area contributed by atoms with E-state index in [-0.39, 0.29) is 12.4 Å². The van der Waals surface area contributed by atoms with Crippen LogP contribution in [0.4, 0.5) is 4.39 Å². The third-order valence-electron chi connectivity index (χ3n) is 2.15. The molecule has 0 aliphatic carbocycles. The van der Waals surface area contributed by atoms with Gasteiger partial charge in [-0.1, -0.05) is 6.07 Å². The van der Waals surface area contributed by atoms with E-state index in [0.717, 1.165) is 5.56 Å². The van der Waals surface area contributed by atoms with Crippen molar-refractivity contribution < 1.29 is 9.50 Å². The van der Waals surface area contributed by atoms with Crippen LogP contribution in [-0.2, 0) is 6.61 Å². The molecule has 0 unspecified atom stereocenters. The summed E-state index contributed by atoms with van der Waals surface area (Å²) in [6.07, 6.45) is 1.63. The molecule has 4 heteroatoms. The quantitative estimate of drug-likeness (QED) is 0.813. The third-order valence-corrected chi connectivity index (χ3v) is 2.15. The highest BCUT2D eigenvalue weighted by Crippen LogP contribution is 2.14. The Morgan fingerprint density at radius 2 is 2.20 bits per heavy atom. The predicted molar refractivity (Wildman–Crippen MR) is 54.2 cm³/mol. The molecule has 0 saturated heterocycles. The molecule has 3 nitrogen and oxygen atoms in total. The lowest BCUT2D eigenvalue weighted by Gasteiger charge is -2.03. The lowest BCUT2D eigenvalue weighted by Crippen LogP contribution is -1.99. The molecule has 0 radical (unpaired) electrons. The van der Waals surface area contributed by atoms with Gasteiger partial charge >= 0.3 is 0 Å². The number of hydrogen-bond acceptors (Lipinski definition) is 2. The highest BCUT2D eigenvalue weighted by molar-refractivity contribution is 5.36. The minimum atomic E-state index is -0.326. The average Bonchev–Trinajstić information content (AvgIpc) is 2.70. The number of benzene rings is 1. The maximum absolute atomic E-state index is 13.4. The fraction of sp³-hybridized carbons (Fsp3) is 0.182. The predicted octanol–water partition coefficient (Wildman–Crippen LogP) is 1.81. The van der Waals surface area contributed by atoms with Crippen LogP contribution in [0.3, 0.4) is 0 Å². The molecule has 0 fully saturated rings. The van der Waals surface area contributed by atoms with Gasteiger partial charge in [0.1, 0.15) is 11.5 Å². The number of halogens is 1. The summed E-state index contributed by atoms with van der Waals surface area (Å²) in [5.74, 6) is -0.326. The Balaban J connectivity index is 2.48. The van der Waals surface area contributed by atoms with Crippen LogP contribution < -0.4 is 0 Å². The first-order chi connectivity index (χ1) is 7.20. The molecule has 0 atom stereocenters. The number of rotatable bonds is 2. The SMILES string of the molecule is Cc1ccc(F)c(-n2ccc(CO)n2)c1. The van der Waals surface area contributed by atoms with Gasteiger partial charge in [-0.15, -0.1) is 0 Å². The van der Waals surface area contributed by atoms with E-state index < -0.39 is 0 Å². The van der Waals surface area contributed by atoms with Crippen LogP contribution in [0.5, 0.6) is 0 Å². The van der Waals surface area contributed by atoms with Crippen molar-refractivity contribution in [3.8, 4) is 5.69 Å². The summed E-state index contributed by atoms with van der Waals surface area (Å²) < 4.78 is 14.9. The lowest BCUT2D eigenvalue weighted by atomic mass is 10.2. The Hall–Kier alpha value is -1.68. The zero-order valence-electron chi connectivity index (χ0n) is 8.31. The molecule has 0 spiro atoms. The second kappa shape index (κ2) is 3.82. The summed E-state index contributed by atoms with van der Waals surface area (Å²) in [5, 5.41) is 12.9. The first-order valence-electron chi connectivity index (χ1n) is 4.62. The maximum Gasteiger partial charge on any atom is 0.148 e. The van der Waals surface area contributed by atoms with Crippen LogP contribution in [0.25, 0.3) is 5.69 Å². The number of aliphatic hydroxyl groups is 1. The van der Waals surface area contributed by atoms with Gasteiger partial charge < -0.3 is 5.11 Å². The van der Waals surface area contributed by atoms with Crippen LogP contribution in [-0.4, -0.2) is 14.9 Å². The van der Waals surface area contributed by atoms with Crippen LogP contribution in [0, 0.1) is 12.7 Å². The second-order valence-electron chi connectivity index (χ2n) is 3.36. The molecule has 1 aromatic carbocycles. The Labute approximate surface area is 86.8 Å². The number of aliphatic hydroxyl groups excluding tert-OH is 1. The van der Waals surface area contributed by atoms with Crippen LogP contribution in [0.15, 0.2) is 30.5 Å². The number of aryl methyl sites for hydroxylation is 1. The highest BCUT2D eigenvalue weighted by atomic mass is 19.1. The molecule has 1 aromatic heterocycles. The molecule has 0 amide bonds. The second-order valence-corrected chi connectivity index (χ2v) is 3.36. The fourth-order valence-electron chi connectivity index (χ4n) is 1.38. The molecule has 1 N–H and O–H groups in total. The third kappa shape index (κ3) is 1.89. The van der Waals surface area contributed by atoms with E-state index in [2.05, 4.69) is 5.10 Å². The molecule has 15 heavy (non-hydrogen) atoms. The molecule has 2 rings (SSSR count). The summed E-state index contributed by atoms with van der Waals surface area (Å²) in [7, 11) is 0. The molecule has 0 saturated carbocycles. The molecule has 0 bridgehead atoms. The normalized spacial score (nSPS) is 10.6. The van der Waals surface area contributed by atoms with Crippen molar-refractivity contribution in [3.05, 3.63) is 47.5 Å². The van der Waals surface area contributed by atoms with E-state index in [0.29, 0.717) is 11.4 Å². The number of hydrogen-bond donors (Lipinski definition) is 1. The average molecular weight is 206 g/mol. The summed E-state index contributed by atoms with van der Waals surface area (Å²) in [6.45, 7) is 1.75. The van der Waals surface area contributed by atoms with Crippen LogP contribution >= 0.6 is 0 Å². The van der Waals surface area contributed by atoms with Gasteiger partial charge in [-0.3, -0.25) is 0 Å². The fourth-order valence-corrected chi connectivity index (χ4v) is 1.38. The van der Waals surface area contributed by atoms with E-state index in [1.54, 1.807) is 24.4 Å². The molecular weight excluding hydrogens is 195 g/mol. The first-order valence-corrected chi connectivity index (χ1v) is 4.62. The van der Waals surface area contributed by atoms with Gasteiger partial charge in [-0.25, -0.2) is 9.07 Å². The van der Waals surface area contributed by atoms with Crippen molar-refractivity contribution in [2.24, 2.45) is 0 Å². The summed E-state index contributed by atoms with van der Waals surface area (Å²) in [4.78, 5) is 0. The van der Waals surface area contributed by atoms with Crippen LogP contribution in [0.2, 0.25) is 0 Å². The number of nitrogens with zero attached hydrogens (tertiary/aromatic N) is 2. The van der Waals surface area contributed by atoms with Gasteiger partial charge in [0.15, 0.2) is 0 Å². The van der Waals surface area contributed by atoms with E-state index in [9.17, 15) is 4.39 Å². The van der Waals surface area contributed by atoms with Crippen molar-refractivity contribution in [1.82, 2.24) is 9.78 Å². The monoisotopic (exact) mass is 206 g/mol.